The molecule has 4 saturated carbocycles. The number of ether oxygens (including phenoxy) is 4. The zero-order valence-corrected chi connectivity index (χ0v) is 18.9. The molecule has 31 heavy (non-hydrogen) atoms. The Morgan fingerprint density at radius 3 is 2.39 bits per heavy atom. The van der Waals surface area contributed by atoms with Gasteiger partial charge in [0.25, 0.3) is 0 Å². The minimum absolute atomic E-state index is 0.178. The van der Waals surface area contributed by atoms with E-state index in [0.29, 0.717) is 44.2 Å². The van der Waals surface area contributed by atoms with Crippen molar-refractivity contribution in [2.45, 2.75) is 82.4 Å². The molecule has 0 amide bonds. The van der Waals surface area contributed by atoms with Crippen molar-refractivity contribution >= 4 is 5.71 Å². The van der Waals surface area contributed by atoms with Gasteiger partial charge in [0.05, 0.1) is 37.6 Å². The van der Waals surface area contributed by atoms with Crippen molar-refractivity contribution < 1.29 is 28.9 Å². The van der Waals surface area contributed by atoms with Crippen LogP contribution < -0.4 is 0 Å². The summed E-state index contributed by atoms with van der Waals surface area (Å²) < 4.78 is 25.6. The molecule has 0 radical (unpaired) electrons. The van der Waals surface area contributed by atoms with Gasteiger partial charge in [-0.25, -0.2) is 0 Å². The Morgan fingerprint density at radius 1 is 0.935 bits per heavy atom. The monoisotopic (exact) mass is 435 g/mol. The van der Waals surface area contributed by atoms with E-state index < -0.39 is 11.4 Å². The third kappa shape index (κ3) is 2.50. The van der Waals surface area contributed by atoms with Gasteiger partial charge in [-0.05, 0) is 56.3 Å². The first-order chi connectivity index (χ1) is 15.0. The van der Waals surface area contributed by atoms with Crippen LogP contribution in [-0.4, -0.2) is 62.0 Å². The fourth-order valence-corrected chi connectivity index (χ4v) is 9.00. The van der Waals surface area contributed by atoms with Crippen LogP contribution in [0.2, 0.25) is 0 Å². The lowest BCUT2D eigenvalue weighted by molar-refractivity contribution is -0.319. The summed E-state index contributed by atoms with van der Waals surface area (Å²) in [6, 6.07) is 0. The van der Waals surface area contributed by atoms with E-state index in [1.165, 1.54) is 6.42 Å². The molecule has 174 valence electrons. The quantitative estimate of drug-likeness (QED) is 0.637. The normalized spacial score (nSPS) is 55.3. The van der Waals surface area contributed by atoms with E-state index in [0.717, 1.165) is 57.1 Å². The number of aliphatic hydroxyl groups is 1. The summed E-state index contributed by atoms with van der Waals surface area (Å²) in [6.45, 7) is 4.52. The number of hydrogen-bond donors (Lipinski definition) is 1. The van der Waals surface area contributed by atoms with E-state index in [2.05, 4.69) is 12.1 Å². The highest BCUT2D eigenvalue weighted by Crippen LogP contribution is 2.71. The average molecular weight is 436 g/mol. The lowest BCUT2D eigenvalue weighted by Crippen LogP contribution is -2.68. The van der Waals surface area contributed by atoms with Crippen LogP contribution in [-0.2, 0) is 23.8 Å². The molecule has 1 N–H and O–H groups in total. The molecule has 2 heterocycles. The van der Waals surface area contributed by atoms with Crippen molar-refractivity contribution in [2.75, 3.05) is 33.5 Å². The van der Waals surface area contributed by atoms with Gasteiger partial charge < -0.3 is 28.9 Å². The lowest BCUT2D eigenvalue weighted by Gasteiger charge is -2.64. The second-order valence-electron chi connectivity index (χ2n) is 10.9. The Balaban J connectivity index is 1.46. The maximum Gasteiger partial charge on any atom is 0.179 e. The molecule has 7 heteroatoms. The molecular weight excluding hydrogens is 398 g/mol. The number of oxime groups is 1. The molecule has 6 atom stereocenters. The van der Waals surface area contributed by atoms with E-state index in [1.807, 2.05) is 0 Å². The molecule has 0 aromatic heterocycles. The van der Waals surface area contributed by atoms with E-state index in [9.17, 15) is 5.11 Å². The third-order valence-electron chi connectivity index (χ3n) is 10.2. The van der Waals surface area contributed by atoms with Crippen molar-refractivity contribution in [1.82, 2.24) is 0 Å². The van der Waals surface area contributed by atoms with E-state index in [1.54, 1.807) is 7.11 Å². The van der Waals surface area contributed by atoms with Gasteiger partial charge in [-0.15, -0.1) is 0 Å². The van der Waals surface area contributed by atoms with Gasteiger partial charge in [0.15, 0.2) is 12.1 Å². The molecule has 6 fully saturated rings. The molecular formula is C24H37NO6. The maximum absolute atomic E-state index is 12.0. The first kappa shape index (κ1) is 20.8. The second kappa shape index (κ2) is 7.13. The molecule has 0 aromatic carbocycles. The Bertz CT molecular complexity index is 746. The van der Waals surface area contributed by atoms with Crippen LogP contribution in [0.3, 0.4) is 0 Å². The van der Waals surface area contributed by atoms with Crippen LogP contribution in [0.1, 0.15) is 64.7 Å². The minimum atomic E-state index is -0.862. The summed E-state index contributed by atoms with van der Waals surface area (Å²) in [7, 11) is 1.60. The van der Waals surface area contributed by atoms with Gasteiger partial charge in [0, 0.05) is 11.8 Å². The van der Waals surface area contributed by atoms with Crippen molar-refractivity contribution in [3.63, 3.8) is 0 Å². The molecule has 0 aromatic rings. The molecule has 4 aliphatic carbocycles. The fourth-order valence-electron chi connectivity index (χ4n) is 9.00. The van der Waals surface area contributed by atoms with Crippen LogP contribution in [0.5, 0.6) is 0 Å². The van der Waals surface area contributed by atoms with E-state index >= 15 is 0 Å². The standard InChI is InChI=1S/C24H37NO6/c1-21-7-3-4-8-23(21,26)19(25-27-2)15-16-17(21)5-9-22-18(16)6-10-24(22)30-13-11-28-20(22)29-12-14-31-24/h16-18,20,26H,3-15H2,1-2H3/t16-,17+,18+,20?,21-,22+,23+,24?/m1/s1. The first-order valence-corrected chi connectivity index (χ1v) is 12.3. The SMILES string of the molecule is CON=C1C[C@H]2[C@@H]3CCC45OCCOC(OCCO4)[C@]35CC[C@@H]2[C@@]2(C)CCCC[C@]12O. The largest absolute Gasteiger partial charge is 0.399 e. The predicted molar refractivity (Wildman–Crippen MR) is 112 cm³/mol. The van der Waals surface area contributed by atoms with Gasteiger partial charge in [0.2, 0.25) is 0 Å². The number of fused-ring (bicyclic) bond motifs is 4. The van der Waals surface area contributed by atoms with Crippen LogP contribution in [0.15, 0.2) is 5.16 Å². The highest BCUT2D eigenvalue weighted by Gasteiger charge is 2.74. The van der Waals surface area contributed by atoms with Crippen molar-refractivity contribution in [2.24, 2.45) is 33.7 Å². The lowest BCUT2D eigenvalue weighted by atomic mass is 9.42. The van der Waals surface area contributed by atoms with Gasteiger partial charge in [0.1, 0.15) is 12.7 Å². The Hall–Kier alpha value is -0.730. The highest BCUT2D eigenvalue weighted by molar-refractivity contribution is 5.94. The first-order valence-electron chi connectivity index (χ1n) is 12.3. The van der Waals surface area contributed by atoms with Crippen molar-refractivity contribution in [1.29, 1.82) is 0 Å². The second-order valence-corrected chi connectivity index (χ2v) is 10.9. The van der Waals surface area contributed by atoms with Gasteiger partial charge in [-0.1, -0.05) is 24.9 Å². The van der Waals surface area contributed by atoms with Gasteiger partial charge >= 0.3 is 0 Å². The summed E-state index contributed by atoms with van der Waals surface area (Å²) in [5.41, 5.74) is -0.488. The Labute approximate surface area is 184 Å². The van der Waals surface area contributed by atoms with Crippen LogP contribution in [0, 0.1) is 28.6 Å². The minimum Gasteiger partial charge on any atom is -0.399 e. The predicted octanol–water partition coefficient (Wildman–Crippen LogP) is 3.24. The van der Waals surface area contributed by atoms with Crippen LogP contribution in [0.25, 0.3) is 0 Å². The zero-order chi connectivity index (χ0) is 21.3. The topological polar surface area (TPSA) is 78.7 Å². The summed E-state index contributed by atoms with van der Waals surface area (Å²) in [5, 5.41) is 16.4. The number of hydrogen-bond acceptors (Lipinski definition) is 7. The summed E-state index contributed by atoms with van der Waals surface area (Å²) in [6.07, 6.45) is 8.48. The Kier molecular flexibility index (Phi) is 4.80. The van der Waals surface area contributed by atoms with Crippen molar-refractivity contribution in [3.8, 4) is 0 Å². The molecule has 1 spiro atoms. The van der Waals surface area contributed by atoms with Crippen molar-refractivity contribution in [3.05, 3.63) is 0 Å². The third-order valence-corrected chi connectivity index (χ3v) is 10.2. The molecule has 6 rings (SSSR count). The van der Waals surface area contributed by atoms with Crippen LogP contribution in [0.4, 0.5) is 0 Å². The van der Waals surface area contributed by atoms with Gasteiger partial charge in [-0.2, -0.15) is 0 Å². The Morgan fingerprint density at radius 2 is 1.65 bits per heavy atom. The fraction of sp³-hybridized carbons (Fsp3) is 0.958. The van der Waals surface area contributed by atoms with Crippen LogP contribution >= 0.6 is 0 Å². The molecule has 0 unspecified atom stereocenters. The summed E-state index contributed by atoms with van der Waals surface area (Å²) in [4.78, 5) is 5.28. The number of rotatable bonds is 1. The molecule has 2 bridgehead atoms. The highest BCUT2D eigenvalue weighted by atomic mass is 16.8. The zero-order valence-electron chi connectivity index (χ0n) is 18.9. The number of nitrogens with zero attached hydrogens (tertiary/aromatic N) is 1. The molecule has 2 saturated heterocycles. The summed E-state index contributed by atoms with van der Waals surface area (Å²) >= 11 is 0. The maximum atomic E-state index is 12.0. The molecule has 2 aliphatic heterocycles. The summed E-state index contributed by atoms with van der Waals surface area (Å²) in [5.74, 6) is 0.591. The van der Waals surface area contributed by atoms with E-state index in [4.69, 9.17) is 23.8 Å². The molecule has 6 aliphatic rings. The van der Waals surface area contributed by atoms with E-state index in [-0.39, 0.29) is 17.1 Å². The van der Waals surface area contributed by atoms with Gasteiger partial charge in [-0.3, -0.25) is 0 Å². The smallest absolute Gasteiger partial charge is 0.179 e. The molecule has 7 nitrogen and oxygen atoms in total. The average Bonchev–Trinajstić information content (AvgIpc) is 2.93.